The van der Waals surface area contributed by atoms with Gasteiger partial charge in [-0.2, -0.15) is 15.1 Å². The van der Waals surface area contributed by atoms with Gasteiger partial charge in [-0.3, -0.25) is 4.79 Å². The first-order chi connectivity index (χ1) is 26.6. The number of likely N-dealkylation sites (N-methyl/N-ethyl adjacent to an activating group) is 1. The largest absolute Gasteiger partial charge is 0.378 e. The van der Waals surface area contributed by atoms with Crippen molar-refractivity contribution in [2.24, 2.45) is 0 Å². The second kappa shape index (κ2) is 12.4. The van der Waals surface area contributed by atoms with Crippen molar-refractivity contribution >= 4 is 45.6 Å². The number of nitrogens with one attached hydrogen (secondary N) is 2. The predicted octanol–water partition coefficient (Wildman–Crippen LogP) is 3.74. The molecule has 10 rings (SSSR count). The summed E-state index contributed by atoms with van der Waals surface area (Å²) in [5, 5.41) is 12.0. The van der Waals surface area contributed by atoms with Gasteiger partial charge in [0.2, 0.25) is 11.9 Å². The zero-order valence-electron chi connectivity index (χ0n) is 30.2. The molecular weight excluding hydrogens is 713 g/mol. The number of piperazine rings is 1. The minimum atomic E-state index is -0.788. The minimum Gasteiger partial charge on any atom is -0.378 e. The van der Waals surface area contributed by atoms with E-state index in [4.69, 9.17) is 19.7 Å². The number of aromatic nitrogens is 7. The Hall–Kier alpha value is -5.81. The molecule has 3 saturated heterocycles. The maximum atomic E-state index is 15.3. The molecule has 3 fully saturated rings. The van der Waals surface area contributed by atoms with Crippen LogP contribution in [0, 0.1) is 17.5 Å². The van der Waals surface area contributed by atoms with Gasteiger partial charge in [0.1, 0.15) is 35.0 Å². The lowest BCUT2D eigenvalue weighted by molar-refractivity contribution is -0.132. The number of benzene rings is 2. The zero-order chi connectivity index (χ0) is 37.7. The third-order valence-corrected chi connectivity index (χ3v) is 11.6. The van der Waals surface area contributed by atoms with Crippen LogP contribution in [-0.4, -0.2) is 115 Å². The highest BCUT2D eigenvalue weighted by Crippen LogP contribution is 2.47. The van der Waals surface area contributed by atoms with Crippen LogP contribution >= 0.6 is 0 Å². The van der Waals surface area contributed by atoms with Crippen LogP contribution in [0.25, 0.3) is 39.0 Å². The first-order valence-electron chi connectivity index (χ1n) is 18.2. The molecular formula is C38H37F3N12O2. The number of imidazole rings is 1. The van der Waals surface area contributed by atoms with Crippen LogP contribution in [0.5, 0.6) is 0 Å². The zero-order valence-corrected chi connectivity index (χ0v) is 30.2. The summed E-state index contributed by atoms with van der Waals surface area (Å²) in [6.45, 7) is 4.60. The smallest absolute Gasteiger partial charge is 0.245 e. The van der Waals surface area contributed by atoms with E-state index in [1.54, 1.807) is 31.6 Å². The Balaban J connectivity index is 1.10. The van der Waals surface area contributed by atoms with Gasteiger partial charge in [0, 0.05) is 64.1 Å². The van der Waals surface area contributed by atoms with E-state index in [-0.39, 0.29) is 35.8 Å². The SMILES string of the molecule is CO[C@H]1CN(C)C(=O)[C@@H]2CC(CN2c2nc(N3C4CNC[C@]43C)nc3c2cnn3-c2ccc(F)cc2F)Nc2cccc(n2)-c2cc(F)cc3ncn(c23)C1. The molecule has 0 spiro atoms. The maximum Gasteiger partial charge on any atom is 0.245 e. The number of pyridine rings is 1. The Labute approximate surface area is 312 Å². The number of carbonyl (C=O) groups is 1. The number of methoxy groups -OCH3 is 1. The molecule has 4 aromatic heterocycles. The molecule has 4 aliphatic heterocycles. The summed E-state index contributed by atoms with van der Waals surface area (Å²) in [5.74, 6) is -0.597. The van der Waals surface area contributed by atoms with Crippen molar-refractivity contribution in [1.29, 1.82) is 0 Å². The number of rotatable bonds is 4. The van der Waals surface area contributed by atoms with Crippen LogP contribution in [0.4, 0.5) is 30.8 Å². The number of nitrogens with zero attached hydrogens (tertiary/aromatic N) is 10. The van der Waals surface area contributed by atoms with E-state index in [1.165, 1.54) is 28.9 Å². The summed E-state index contributed by atoms with van der Waals surface area (Å²) in [6.07, 6.45) is 3.18. The van der Waals surface area contributed by atoms with Gasteiger partial charge in [0.15, 0.2) is 11.5 Å². The number of hydrogen-bond acceptors (Lipinski definition) is 11. The van der Waals surface area contributed by atoms with E-state index < -0.39 is 29.6 Å². The number of anilines is 3. The summed E-state index contributed by atoms with van der Waals surface area (Å²) < 4.78 is 53.4. The van der Waals surface area contributed by atoms with Gasteiger partial charge in [-0.15, -0.1) is 0 Å². The second-order valence-corrected chi connectivity index (χ2v) is 15.1. The Kier molecular flexibility index (Phi) is 7.58. The second-order valence-electron chi connectivity index (χ2n) is 15.1. The molecule has 2 N–H and O–H groups in total. The van der Waals surface area contributed by atoms with Crippen molar-refractivity contribution in [3.63, 3.8) is 0 Å². The van der Waals surface area contributed by atoms with Gasteiger partial charge in [0.05, 0.1) is 58.9 Å². The van der Waals surface area contributed by atoms with Gasteiger partial charge in [-0.05, 0) is 43.7 Å². The van der Waals surface area contributed by atoms with E-state index in [1.807, 2.05) is 27.7 Å². The standard InChI is InChI=1S/C38H37F3N12O2/c1-38-18-42-14-31(38)52(38)37-47-34(25-13-44-53(35(25)48-37)29-8-7-20(39)10-26(29)41)51-15-22-12-30(51)36(54)49(2)16-23(55-3)17-50-19-43-28-11-21(40)9-24(33(28)50)27-5-4-6-32(45-22)46-27/h4-11,13,19,22-23,30-31,42H,12,14-18H2,1-3H3,(H,45,46)/t22?,23-,30-,31?,38+,52?/m0/s1. The molecule has 2 unspecified atom stereocenters. The molecule has 4 aliphatic rings. The fourth-order valence-electron chi connectivity index (χ4n) is 8.75. The topological polar surface area (TPSA) is 134 Å². The summed E-state index contributed by atoms with van der Waals surface area (Å²) in [4.78, 5) is 40.0. The number of halogens is 3. The highest BCUT2D eigenvalue weighted by molar-refractivity contribution is 5.94. The molecule has 0 radical (unpaired) electrons. The minimum absolute atomic E-state index is 0.0359. The third kappa shape index (κ3) is 5.38. The van der Waals surface area contributed by atoms with Gasteiger partial charge in [-0.25, -0.2) is 27.8 Å². The molecule has 5 atom stereocenters. The monoisotopic (exact) mass is 750 g/mol. The van der Waals surface area contributed by atoms with Crippen molar-refractivity contribution in [1.82, 2.24) is 44.5 Å². The van der Waals surface area contributed by atoms with Gasteiger partial charge in [-0.1, -0.05) is 6.07 Å². The van der Waals surface area contributed by atoms with Crippen LogP contribution < -0.4 is 20.4 Å². The van der Waals surface area contributed by atoms with E-state index in [0.29, 0.717) is 64.9 Å². The van der Waals surface area contributed by atoms with Crippen LogP contribution in [0.3, 0.4) is 0 Å². The molecule has 55 heavy (non-hydrogen) atoms. The highest BCUT2D eigenvalue weighted by Gasteiger charge is 2.63. The number of amides is 1. The molecule has 17 heteroatoms. The normalized spacial score (nSPS) is 25.0. The Bertz CT molecular complexity index is 2530. The molecule has 2 aromatic carbocycles. The average molecular weight is 751 g/mol. The Morgan fingerprint density at radius 3 is 2.67 bits per heavy atom. The van der Waals surface area contributed by atoms with E-state index in [0.717, 1.165) is 24.7 Å². The fraction of sp³-hybridized carbons (Fsp3) is 0.368. The fourth-order valence-corrected chi connectivity index (χ4v) is 8.75. The number of carbonyl (C=O) groups excluding carboxylic acids is 1. The number of hydrogen-bond donors (Lipinski definition) is 2. The lowest BCUT2D eigenvalue weighted by Gasteiger charge is -2.31. The molecule has 4 bridgehead atoms. The first kappa shape index (κ1) is 33.7. The Morgan fingerprint density at radius 1 is 1.00 bits per heavy atom. The first-order valence-corrected chi connectivity index (χ1v) is 18.2. The van der Waals surface area contributed by atoms with Crippen LogP contribution in [0.15, 0.2) is 61.1 Å². The van der Waals surface area contributed by atoms with Crippen molar-refractivity contribution in [2.45, 2.75) is 49.7 Å². The van der Waals surface area contributed by atoms with Gasteiger partial charge >= 0.3 is 0 Å². The summed E-state index contributed by atoms with van der Waals surface area (Å²) >= 11 is 0. The summed E-state index contributed by atoms with van der Waals surface area (Å²) in [5.41, 5.74) is 2.52. The van der Waals surface area contributed by atoms with Crippen molar-refractivity contribution in [2.75, 3.05) is 55.5 Å². The Morgan fingerprint density at radius 2 is 1.87 bits per heavy atom. The van der Waals surface area contributed by atoms with Crippen molar-refractivity contribution in [3.8, 4) is 16.9 Å². The molecule has 8 heterocycles. The van der Waals surface area contributed by atoms with Crippen molar-refractivity contribution < 1.29 is 22.7 Å². The number of ether oxygens (including phenoxy) is 1. The molecule has 0 saturated carbocycles. The van der Waals surface area contributed by atoms with Gasteiger partial charge in [0.25, 0.3) is 0 Å². The molecule has 0 aliphatic carbocycles. The van der Waals surface area contributed by atoms with Crippen LogP contribution in [-0.2, 0) is 16.1 Å². The molecule has 1 amide bonds. The average Bonchev–Trinajstić information content (AvgIpc) is 3.76. The van der Waals surface area contributed by atoms with E-state index in [9.17, 15) is 13.6 Å². The maximum absolute atomic E-state index is 15.3. The molecule has 6 aromatic rings. The molecule has 14 nitrogen and oxygen atoms in total. The highest BCUT2D eigenvalue weighted by atomic mass is 19.1. The quantitative estimate of drug-likeness (QED) is 0.256. The van der Waals surface area contributed by atoms with E-state index >= 15 is 4.39 Å². The number of fused-ring (bicyclic) bond motifs is 7. The lowest BCUT2D eigenvalue weighted by Crippen LogP contribution is -2.47. The summed E-state index contributed by atoms with van der Waals surface area (Å²) in [7, 11) is 3.35. The van der Waals surface area contributed by atoms with Crippen molar-refractivity contribution in [3.05, 3.63) is 78.5 Å². The van der Waals surface area contributed by atoms with Gasteiger partial charge < -0.3 is 34.6 Å². The van der Waals surface area contributed by atoms with Crippen LogP contribution in [0.1, 0.15) is 13.3 Å². The van der Waals surface area contributed by atoms with E-state index in [2.05, 4.69) is 32.5 Å². The lowest BCUT2D eigenvalue weighted by atomic mass is 10.1. The summed E-state index contributed by atoms with van der Waals surface area (Å²) in [6, 6.07) is 10.9. The van der Waals surface area contributed by atoms with Crippen LogP contribution in [0.2, 0.25) is 0 Å². The third-order valence-electron chi connectivity index (χ3n) is 11.6. The molecule has 282 valence electrons. The predicted molar refractivity (Wildman–Crippen MR) is 199 cm³/mol.